The molecule has 1 aliphatic carbocycles. The molecule has 2 aromatic heterocycles. The minimum atomic E-state index is -0.206. The number of carbonyl (C=O) groups is 1. The van der Waals surface area contributed by atoms with Crippen LogP contribution in [0, 0.1) is 6.92 Å². The summed E-state index contributed by atoms with van der Waals surface area (Å²) in [6.07, 6.45) is 2.18. The molecular formula is C25H25ClN6O2. The fraction of sp³-hybridized carbons (Fsp3) is 0.280. The van der Waals surface area contributed by atoms with Crippen LogP contribution in [0.5, 0.6) is 5.75 Å². The highest BCUT2D eigenvalue weighted by Gasteiger charge is 2.29. The van der Waals surface area contributed by atoms with Gasteiger partial charge in [0, 0.05) is 19.0 Å². The lowest BCUT2D eigenvalue weighted by Gasteiger charge is -2.11. The predicted octanol–water partition coefficient (Wildman–Crippen LogP) is 4.51. The number of methoxy groups -OCH3 is 1. The van der Waals surface area contributed by atoms with Crippen molar-refractivity contribution < 1.29 is 9.53 Å². The largest absolute Gasteiger partial charge is 0.497 e. The maximum Gasteiger partial charge on any atom is 0.252 e. The Morgan fingerprint density at radius 3 is 2.59 bits per heavy atom. The quantitative estimate of drug-likeness (QED) is 0.363. The number of fused-ring (bicyclic) bond motifs is 1. The first-order valence-corrected chi connectivity index (χ1v) is 11.6. The first-order valence-electron chi connectivity index (χ1n) is 11.2. The van der Waals surface area contributed by atoms with E-state index in [-0.39, 0.29) is 5.91 Å². The number of carbonyl (C=O) groups excluding carboxylic acids is 1. The number of anilines is 1. The lowest BCUT2D eigenvalue weighted by atomic mass is 10.2. The fourth-order valence-corrected chi connectivity index (χ4v) is 4.07. The van der Waals surface area contributed by atoms with Gasteiger partial charge in [0.2, 0.25) is 0 Å². The van der Waals surface area contributed by atoms with Crippen LogP contribution in [0.3, 0.4) is 0 Å². The van der Waals surface area contributed by atoms with E-state index < -0.39 is 0 Å². The van der Waals surface area contributed by atoms with E-state index in [1.807, 2.05) is 35.9 Å². The summed E-state index contributed by atoms with van der Waals surface area (Å²) >= 11 is 6.12. The topological polar surface area (TPSA) is 94.0 Å². The van der Waals surface area contributed by atoms with Gasteiger partial charge in [0.1, 0.15) is 17.4 Å². The van der Waals surface area contributed by atoms with Crippen molar-refractivity contribution in [3.05, 3.63) is 70.6 Å². The van der Waals surface area contributed by atoms with Crippen LogP contribution in [0.25, 0.3) is 16.7 Å². The lowest BCUT2D eigenvalue weighted by molar-refractivity contribution is 0.0955. The van der Waals surface area contributed by atoms with Gasteiger partial charge in [-0.05, 0) is 56.2 Å². The molecule has 1 fully saturated rings. The third-order valence-corrected chi connectivity index (χ3v) is 6.13. The molecule has 0 bridgehead atoms. The first-order chi connectivity index (χ1) is 16.5. The van der Waals surface area contributed by atoms with Gasteiger partial charge in [-0.15, -0.1) is 0 Å². The smallest absolute Gasteiger partial charge is 0.252 e. The van der Waals surface area contributed by atoms with Crippen LogP contribution in [0.4, 0.5) is 5.82 Å². The average molecular weight is 477 g/mol. The summed E-state index contributed by atoms with van der Waals surface area (Å²) < 4.78 is 7.13. The Labute approximate surface area is 202 Å². The van der Waals surface area contributed by atoms with Gasteiger partial charge in [0.05, 0.1) is 34.5 Å². The van der Waals surface area contributed by atoms with Crippen LogP contribution in [0.1, 0.15) is 40.6 Å². The van der Waals surface area contributed by atoms with E-state index in [0.717, 1.165) is 52.6 Å². The van der Waals surface area contributed by atoms with Crippen molar-refractivity contribution in [2.45, 2.75) is 25.7 Å². The number of hydrogen-bond donors (Lipinski definition) is 2. The van der Waals surface area contributed by atoms with E-state index in [9.17, 15) is 4.79 Å². The van der Waals surface area contributed by atoms with Gasteiger partial charge >= 0.3 is 0 Å². The van der Waals surface area contributed by atoms with Crippen molar-refractivity contribution >= 4 is 34.4 Å². The van der Waals surface area contributed by atoms with Crippen molar-refractivity contribution in [3.63, 3.8) is 0 Å². The lowest BCUT2D eigenvalue weighted by Crippen LogP contribution is -2.29. The zero-order valence-electron chi connectivity index (χ0n) is 19.0. The Morgan fingerprint density at radius 2 is 1.88 bits per heavy atom. The Bertz CT molecular complexity index is 1350. The average Bonchev–Trinajstić information content (AvgIpc) is 3.65. The molecule has 1 amide bonds. The van der Waals surface area contributed by atoms with E-state index in [1.54, 1.807) is 31.4 Å². The van der Waals surface area contributed by atoms with Gasteiger partial charge in [0.25, 0.3) is 5.91 Å². The number of ether oxygens (including phenoxy) is 1. The number of hydrogen-bond acceptors (Lipinski definition) is 6. The SMILES string of the molecule is COc1ccc(-n2nc(C)c3c(NCCNC(=O)c4ccccc4Cl)nc(C4CC4)nc32)cc1. The minimum Gasteiger partial charge on any atom is -0.497 e. The number of amides is 1. The molecule has 1 saturated carbocycles. The maximum absolute atomic E-state index is 12.4. The monoisotopic (exact) mass is 476 g/mol. The summed E-state index contributed by atoms with van der Waals surface area (Å²) in [5, 5.41) is 12.3. The molecule has 34 heavy (non-hydrogen) atoms. The van der Waals surface area contributed by atoms with Crippen molar-refractivity contribution in [2.75, 3.05) is 25.5 Å². The summed E-state index contributed by atoms with van der Waals surface area (Å²) in [4.78, 5) is 22.1. The van der Waals surface area contributed by atoms with Crippen LogP contribution in [-0.2, 0) is 0 Å². The number of halogens is 1. The second kappa shape index (κ2) is 9.30. The van der Waals surface area contributed by atoms with Gasteiger partial charge in [-0.25, -0.2) is 14.6 Å². The van der Waals surface area contributed by atoms with E-state index >= 15 is 0 Å². The normalized spacial score (nSPS) is 13.1. The third kappa shape index (κ3) is 4.41. The van der Waals surface area contributed by atoms with Gasteiger partial charge in [-0.1, -0.05) is 23.7 Å². The zero-order chi connectivity index (χ0) is 23.7. The van der Waals surface area contributed by atoms with Crippen molar-refractivity contribution in [2.24, 2.45) is 0 Å². The molecule has 0 spiro atoms. The molecule has 174 valence electrons. The highest BCUT2D eigenvalue weighted by Crippen LogP contribution is 2.40. The van der Waals surface area contributed by atoms with Crippen molar-refractivity contribution in [1.82, 2.24) is 25.1 Å². The van der Waals surface area contributed by atoms with Gasteiger partial charge in [-0.3, -0.25) is 4.79 Å². The summed E-state index contributed by atoms with van der Waals surface area (Å²) in [5.41, 5.74) is 2.96. The summed E-state index contributed by atoms with van der Waals surface area (Å²) in [6, 6.07) is 14.7. The van der Waals surface area contributed by atoms with Gasteiger partial charge in [0.15, 0.2) is 5.65 Å². The Balaban J connectivity index is 1.39. The molecule has 0 radical (unpaired) electrons. The highest BCUT2D eigenvalue weighted by atomic mass is 35.5. The predicted molar refractivity (Wildman–Crippen MR) is 132 cm³/mol. The van der Waals surface area contributed by atoms with Crippen molar-refractivity contribution in [3.8, 4) is 11.4 Å². The van der Waals surface area contributed by atoms with Crippen LogP contribution in [-0.4, -0.2) is 45.9 Å². The number of aromatic nitrogens is 4. The second-order valence-electron chi connectivity index (χ2n) is 8.26. The number of nitrogens with one attached hydrogen (secondary N) is 2. The molecule has 0 unspecified atom stereocenters. The first kappa shape index (κ1) is 22.2. The Hall–Kier alpha value is -3.65. The summed E-state index contributed by atoms with van der Waals surface area (Å²) in [7, 11) is 1.65. The Morgan fingerprint density at radius 1 is 1.12 bits per heavy atom. The number of nitrogens with zero attached hydrogens (tertiary/aromatic N) is 4. The third-order valence-electron chi connectivity index (χ3n) is 5.80. The molecular weight excluding hydrogens is 452 g/mol. The second-order valence-corrected chi connectivity index (χ2v) is 8.67. The van der Waals surface area contributed by atoms with Crippen LogP contribution in [0.2, 0.25) is 5.02 Å². The molecule has 2 N–H and O–H groups in total. The van der Waals surface area contributed by atoms with E-state index in [2.05, 4.69) is 10.6 Å². The van der Waals surface area contributed by atoms with E-state index in [1.165, 1.54) is 0 Å². The standard InChI is InChI=1S/C25H25ClN6O2/c1-15-21-23(27-13-14-28-25(33)19-5-3-4-6-20(19)26)29-22(16-7-8-16)30-24(21)32(31-15)17-9-11-18(34-2)12-10-17/h3-6,9-12,16H,7-8,13-14H2,1-2H3,(H,28,33)(H,27,29,30). The molecule has 2 heterocycles. The Kier molecular flexibility index (Phi) is 6.06. The molecule has 4 aromatic rings. The van der Waals surface area contributed by atoms with Crippen LogP contribution >= 0.6 is 11.6 Å². The molecule has 0 atom stereocenters. The molecule has 1 aliphatic rings. The highest BCUT2D eigenvalue weighted by molar-refractivity contribution is 6.33. The number of rotatable bonds is 8. The van der Waals surface area contributed by atoms with E-state index in [0.29, 0.717) is 29.6 Å². The molecule has 9 heteroatoms. The molecule has 0 saturated heterocycles. The number of benzene rings is 2. The van der Waals surface area contributed by atoms with Crippen LogP contribution < -0.4 is 15.4 Å². The molecule has 2 aromatic carbocycles. The van der Waals surface area contributed by atoms with Crippen LogP contribution in [0.15, 0.2) is 48.5 Å². The summed E-state index contributed by atoms with van der Waals surface area (Å²) in [6.45, 7) is 2.87. The van der Waals surface area contributed by atoms with Gasteiger partial charge in [-0.2, -0.15) is 5.10 Å². The minimum absolute atomic E-state index is 0.206. The van der Waals surface area contributed by atoms with Crippen molar-refractivity contribution in [1.29, 1.82) is 0 Å². The van der Waals surface area contributed by atoms with Gasteiger partial charge < -0.3 is 15.4 Å². The number of aryl methyl sites for hydroxylation is 1. The summed E-state index contributed by atoms with van der Waals surface area (Å²) in [5.74, 6) is 2.51. The maximum atomic E-state index is 12.4. The molecule has 8 nitrogen and oxygen atoms in total. The zero-order valence-corrected chi connectivity index (χ0v) is 19.8. The van der Waals surface area contributed by atoms with E-state index in [4.69, 9.17) is 31.4 Å². The fourth-order valence-electron chi connectivity index (χ4n) is 3.85. The molecule has 5 rings (SSSR count). The molecule has 0 aliphatic heterocycles.